The predicted molar refractivity (Wildman–Crippen MR) is 92.9 cm³/mol. The Bertz CT molecular complexity index is 732. The molecule has 0 radical (unpaired) electrons. The fourth-order valence-electron chi connectivity index (χ4n) is 2.14. The number of nitrogens with one attached hydrogen (secondary N) is 2. The highest BCUT2D eigenvalue weighted by atomic mass is 32.2. The fraction of sp³-hybridized carbons (Fsp3) is 0.500. The topological polar surface area (TPSA) is 111 Å². The molecule has 1 aromatic carbocycles. The third-order valence-electron chi connectivity index (χ3n) is 3.74. The first-order valence-electron chi connectivity index (χ1n) is 7.72. The van der Waals surface area contributed by atoms with Gasteiger partial charge in [-0.2, -0.15) is 4.72 Å². The van der Waals surface area contributed by atoms with E-state index in [4.69, 9.17) is 4.74 Å². The van der Waals surface area contributed by atoms with E-state index >= 15 is 0 Å². The summed E-state index contributed by atoms with van der Waals surface area (Å²) in [6, 6.07) is 3.02. The third kappa shape index (κ3) is 5.43. The number of carbonyl (C=O) groups is 2. The van der Waals surface area contributed by atoms with Crippen LogP contribution in [0.5, 0.6) is 5.75 Å². The van der Waals surface area contributed by atoms with Crippen LogP contribution in [0.4, 0.5) is 5.69 Å². The maximum atomic E-state index is 12.6. The van der Waals surface area contributed by atoms with Gasteiger partial charge >= 0.3 is 5.97 Å². The van der Waals surface area contributed by atoms with Crippen LogP contribution in [0.3, 0.4) is 0 Å². The summed E-state index contributed by atoms with van der Waals surface area (Å²) >= 11 is 0. The summed E-state index contributed by atoms with van der Waals surface area (Å²) in [6.07, 6.45) is 0.585. The average molecular weight is 372 g/mol. The molecule has 1 rings (SSSR count). The van der Waals surface area contributed by atoms with E-state index in [2.05, 4.69) is 14.8 Å². The van der Waals surface area contributed by atoms with Gasteiger partial charge in [0.25, 0.3) is 0 Å². The smallest absolute Gasteiger partial charge is 0.324 e. The number of esters is 1. The summed E-state index contributed by atoms with van der Waals surface area (Å²) in [6.45, 7) is 4.90. The molecule has 9 heteroatoms. The van der Waals surface area contributed by atoms with Crippen molar-refractivity contribution in [1.82, 2.24) is 4.72 Å². The molecule has 1 aromatic rings. The van der Waals surface area contributed by atoms with E-state index in [0.29, 0.717) is 12.2 Å². The van der Waals surface area contributed by atoms with E-state index < -0.39 is 22.0 Å². The quantitative estimate of drug-likeness (QED) is 0.669. The lowest BCUT2D eigenvalue weighted by molar-refractivity contribution is -0.143. The monoisotopic (exact) mass is 372 g/mol. The minimum Gasteiger partial charge on any atom is -0.495 e. The molecule has 0 spiro atoms. The molecule has 140 valence electrons. The molecule has 0 aliphatic carbocycles. The summed E-state index contributed by atoms with van der Waals surface area (Å²) in [5.41, 5.74) is 0.219. The molecular formula is C16H24N2O6S. The van der Waals surface area contributed by atoms with Crippen LogP contribution in [0, 0.1) is 5.92 Å². The van der Waals surface area contributed by atoms with Crippen molar-refractivity contribution in [2.24, 2.45) is 5.92 Å². The number of sulfonamides is 1. The number of anilines is 1. The summed E-state index contributed by atoms with van der Waals surface area (Å²) < 4.78 is 37.5. The zero-order valence-corrected chi connectivity index (χ0v) is 15.8. The number of benzene rings is 1. The predicted octanol–water partition coefficient (Wildman–Crippen LogP) is 1.52. The third-order valence-corrected chi connectivity index (χ3v) is 5.18. The van der Waals surface area contributed by atoms with Gasteiger partial charge in [0.15, 0.2) is 0 Å². The highest BCUT2D eigenvalue weighted by Gasteiger charge is 2.30. The van der Waals surface area contributed by atoms with E-state index in [9.17, 15) is 18.0 Å². The van der Waals surface area contributed by atoms with Crippen molar-refractivity contribution < 1.29 is 27.5 Å². The Labute approximate surface area is 147 Å². The molecule has 2 atom stereocenters. The number of ether oxygens (including phenoxy) is 2. The van der Waals surface area contributed by atoms with Gasteiger partial charge in [0.2, 0.25) is 15.9 Å². The highest BCUT2D eigenvalue weighted by molar-refractivity contribution is 7.89. The van der Waals surface area contributed by atoms with Crippen molar-refractivity contribution >= 4 is 27.6 Å². The van der Waals surface area contributed by atoms with Crippen LogP contribution in [-0.4, -0.2) is 40.6 Å². The van der Waals surface area contributed by atoms with Gasteiger partial charge in [-0.1, -0.05) is 20.3 Å². The van der Waals surface area contributed by atoms with Crippen LogP contribution >= 0.6 is 0 Å². The van der Waals surface area contributed by atoms with Gasteiger partial charge in [-0.15, -0.1) is 0 Å². The molecule has 0 unspecified atom stereocenters. The van der Waals surface area contributed by atoms with Gasteiger partial charge in [0, 0.05) is 6.92 Å². The Hall–Kier alpha value is -2.13. The van der Waals surface area contributed by atoms with Crippen LogP contribution in [0.2, 0.25) is 0 Å². The van der Waals surface area contributed by atoms with E-state index in [1.165, 1.54) is 39.3 Å². The largest absolute Gasteiger partial charge is 0.495 e. The van der Waals surface area contributed by atoms with Gasteiger partial charge in [-0.05, 0) is 24.1 Å². The number of carbonyl (C=O) groups excluding carboxylic acids is 2. The van der Waals surface area contributed by atoms with Crippen LogP contribution < -0.4 is 14.8 Å². The van der Waals surface area contributed by atoms with E-state index in [1.807, 2.05) is 6.92 Å². The number of rotatable bonds is 8. The first kappa shape index (κ1) is 20.9. The number of methoxy groups -OCH3 is 2. The number of amides is 1. The summed E-state index contributed by atoms with van der Waals surface area (Å²) in [7, 11) is -1.40. The molecule has 2 N–H and O–H groups in total. The van der Waals surface area contributed by atoms with E-state index in [-0.39, 0.29) is 22.4 Å². The number of hydrogen-bond donors (Lipinski definition) is 2. The molecule has 0 aliphatic heterocycles. The zero-order valence-electron chi connectivity index (χ0n) is 15.0. The van der Waals surface area contributed by atoms with Crippen LogP contribution in [-0.2, 0) is 24.3 Å². The summed E-state index contributed by atoms with van der Waals surface area (Å²) in [5.74, 6) is -0.961. The maximum Gasteiger partial charge on any atom is 0.324 e. The van der Waals surface area contributed by atoms with Crippen molar-refractivity contribution in [2.45, 2.75) is 38.1 Å². The van der Waals surface area contributed by atoms with Crippen LogP contribution in [0.15, 0.2) is 23.1 Å². The molecule has 0 aromatic heterocycles. The van der Waals surface area contributed by atoms with Crippen LogP contribution in [0.25, 0.3) is 0 Å². The lowest BCUT2D eigenvalue weighted by Crippen LogP contribution is -2.45. The maximum absolute atomic E-state index is 12.6. The van der Waals surface area contributed by atoms with Crippen molar-refractivity contribution in [2.75, 3.05) is 19.5 Å². The summed E-state index contributed by atoms with van der Waals surface area (Å²) in [4.78, 5) is 23.1. The Kier molecular flexibility index (Phi) is 7.38. The molecule has 1 amide bonds. The van der Waals surface area contributed by atoms with Gasteiger partial charge in [0.1, 0.15) is 11.8 Å². The first-order valence-corrected chi connectivity index (χ1v) is 9.20. The Balaban J connectivity index is 3.23. The lowest BCUT2D eigenvalue weighted by Gasteiger charge is -2.22. The molecule has 0 aliphatic rings. The minimum atomic E-state index is -4.01. The lowest BCUT2D eigenvalue weighted by atomic mass is 10.0. The second kappa shape index (κ2) is 8.82. The zero-order chi connectivity index (χ0) is 19.2. The Morgan fingerprint density at radius 2 is 1.88 bits per heavy atom. The second-order valence-electron chi connectivity index (χ2n) is 5.55. The first-order chi connectivity index (χ1) is 11.7. The van der Waals surface area contributed by atoms with Crippen molar-refractivity contribution in [3.8, 4) is 5.75 Å². The molecule has 0 fully saturated rings. The summed E-state index contributed by atoms with van der Waals surface area (Å²) in [5, 5.41) is 2.51. The average Bonchev–Trinajstić information content (AvgIpc) is 2.57. The molecule has 0 saturated carbocycles. The van der Waals surface area contributed by atoms with Gasteiger partial charge in [0.05, 0.1) is 24.8 Å². The van der Waals surface area contributed by atoms with Crippen molar-refractivity contribution in [1.29, 1.82) is 0 Å². The van der Waals surface area contributed by atoms with E-state index in [1.54, 1.807) is 6.92 Å². The number of hydrogen-bond acceptors (Lipinski definition) is 6. The van der Waals surface area contributed by atoms with E-state index in [0.717, 1.165) is 0 Å². The molecule has 0 heterocycles. The van der Waals surface area contributed by atoms with Gasteiger partial charge < -0.3 is 14.8 Å². The van der Waals surface area contributed by atoms with Gasteiger partial charge in [-0.3, -0.25) is 9.59 Å². The van der Waals surface area contributed by atoms with Crippen molar-refractivity contribution in [3.05, 3.63) is 18.2 Å². The second-order valence-corrected chi connectivity index (χ2v) is 7.26. The Morgan fingerprint density at radius 1 is 1.24 bits per heavy atom. The fourth-order valence-corrected chi connectivity index (χ4v) is 3.46. The molecule has 25 heavy (non-hydrogen) atoms. The Morgan fingerprint density at radius 3 is 2.36 bits per heavy atom. The van der Waals surface area contributed by atoms with Crippen LogP contribution in [0.1, 0.15) is 27.2 Å². The standard InChI is InChI=1S/C16H24N2O6S/c1-6-10(2)15(16(20)24-5)18-25(21,22)12-7-8-14(23-4)13(9-12)17-11(3)19/h7-10,15,18H,6H2,1-5H3,(H,17,19)/t10-,15-/m0/s1. The van der Waals surface area contributed by atoms with Crippen molar-refractivity contribution in [3.63, 3.8) is 0 Å². The molecule has 0 saturated heterocycles. The van der Waals surface area contributed by atoms with Gasteiger partial charge in [-0.25, -0.2) is 8.42 Å². The molecular weight excluding hydrogens is 348 g/mol. The molecule has 0 bridgehead atoms. The SMILES string of the molecule is CC[C@H](C)[C@H](NS(=O)(=O)c1ccc(OC)c(NC(C)=O)c1)C(=O)OC. The minimum absolute atomic E-state index is 0.103. The normalized spacial score (nSPS) is 13.6. The highest BCUT2D eigenvalue weighted by Crippen LogP contribution is 2.28. The molecule has 8 nitrogen and oxygen atoms in total.